The van der Waals surface area contributed by atoms with Crippen LogP contribution in [0.2, 0.25) is 5.02 Å². The monoisotopic (exact) mass is 317 g/mol. The first-order chi connectivity index (χ1) is 10.4. The Hall–Kier alpha value is -2.00. The highest BCUT2D eigenvalue weighted by molar-refractivity contribution is 6.32. The van der Waals surface area contributed by atoms with E-state index in [1.807, 2.05) is 58.0 Å². The summed E-state index contributed by atoms with van der Waals surface area (Å²) in [5, 5.41) is 3.59. The number of hydrogen-bond donors (Lipinski definition) is 1. The van der Waals surface area contributed by atoms with Gasteiger partial charge in [0.15, 0.2) is 6.61 Å². The van der Waals surface area contributed by atoms with Crippen LogP contribution < -0.4 is 10.1 Å². The minimum atomic E-state index is -0.183. The highest BCUT2D eigenvalue weighted by Crippen LogP contribution is 2.25. The molecule has 0 bridgehead atoms. The van der Waals surface area contributed by atoms with E-state index in [0.29, 0.717) is 5.75 Å². The molecule has 0 aliphatic heterocycles. The third-order valence-corrected chi connectivity index (χ3v) is 4.03. The molecule has 0 spiro atoms. The zero-order valence-electron chi connectivity index (χ0n) is 13.3. The van der Waals surface area contributed by atoms with Crippen LogP contribution in [-0.4, -0.2) is 12.5 Å². The number of aryl methyl sites for hydroxylation is 4. The van der Waals surface area contributed by atoms with Gasteiger partial charge < -0.3 is 10.1 Å². The van der Waals surface area contributed by atoms with E-state index in [2.05, 4.69) is 5.32 Å². The smallest absolute Gasteiger partial charge is 0.262 e. The van der Waals surface area contributed by atoms with Crippen molar-refractivity contribution in [2.24, 2.45) is 0 Å². The molecular weight excluding hydrogens is 298 g/mol. The van der Waals surface area contributed by atoms with Crippen molar-refractivity contribution in [2.75, 3.05) is 11.9 Å². The Morgan fingerprint density at radius 1 is 1.05 bits per heavy atom. The molecule has 2 aromatic carbocycles. The van der Waals surface area contributed by atoms with Crippen LogP contribution in [0.15, 0.2) is 30.3 Å². The molecule has 1 N–H and O–H groups in total. The van der Waals surface area contributed by atoms with E-state index in [4.69, 9.17) is 16.3 Å². The molecule has 0 atom stereocenters. The largest absolute Gasteiger partial charge is 0.484 e. The maximum atomic E-state index is 12.0. The molecule has 0 fully saturated rings. The molecule has 2 aromatic rings. The number of anilines is 1. The van der Waals surface area contributed by atoms with E-state index in [0.717, 1.165) is 27.4 Å². The Balaban J connectivity index is 1.98. The molecule has 22 heavy (non-hydrogen) atoms. The Morgan fingerprint density at radius 3 is 2.27 bits per heavy atom. The highest BCUT2D eigenvalue weighted by Gasteiger charge is 2.08. The van der Waals surface area contributed by atoms with Gasteiger partial charge >= 0.3 is 0 Å². The molecule has 0 unspecified atom stereocenters. The van der Waals surface area contributed by atoms with Crippen LogP contribution in [0.4, 0.5) is 5.69 Å². The first-order valence-corrected chi connectivity index (χ1v) is 7.51. The summed E-state index contributed by atoms with van der Waals surface area (Å²) >= 11 is 6.11. The van der Waals surface area contributed by atoms with Gasteiger partial charge in [-0.1, -0.05) is 29.3 Å². The molecule has 0 saturated heterocycles. The van der Waals surface area contributed by atoms with E-state index in [9.17, 15) is 4.79 Å². The van der Waals surface area contributed by atoms with E-state index in [-0.39, 0.29) is 12.5 Å². The van der Waals surface area contributed by atoms with Gasteiger partial charge in [-0.3, -0.25) is 4.79 Å². The number of hydrogen-bond acceptors (Lipinski definition) is 2. The maximum Gasteiger partial charge on any atom is 0.262 e. The van der Waals surface area contributed by atoms with E-state index in [1.54, 1.807) is 0 Å². The van der Waals surface area contributed by atoms with Crippen LogP contribution in [0.25, 0.3) is 0 Å². The number of benzene rings is 2. The Morgan fingerprint density at radius 2 is 1.68 bits per heavy atom. The quantitative estimate of drug-likeness (QED) is 0.895. The van der Waals surface area contributed by atoms with Crippen LogP contribution in [0.3, 0.4) is 0 Å². The van der Waals surface area contributed by atoms with Gasteiger partial charge in [-0.2, -0.15) is 0 Å². The molecule has 0 aromatic heterocycles. The van der Waals surface area contributed by atoms with Crippen molar-refractivity contribution in [3.8, 4) is 5.75 Å². The third kappa shape index (κ3) is 4.01. The van der Waals surface area contributed by atoms with E-state index in [1.165, 1.54) is 5.56 Å². The molecule has 2 rings (SSSR count). The minimum Gasteiger partial charge on any atom is -0.484 e. The Kier molecular flexibility index (Phi) is 5.09. The fraction of sp³-hybridized carbons (Fsp3) is 0.278. The molecular formula is C18H20ClNO2. The van der Waals surface area contributed by atoms with Gasteiger partial charge in [-0.15, -0.1) is 0 Å². The summed E-state index contributed by atoms with van der Waals surface area (Å²) in [5.41, 5.74) is 4.88. The van der Waals surface area contributed by atoms with Crippen molar-refractivity contribution in [3.63, 3.8) is 0 Å². The zero-order valence-corrected chi connectivity index (χ0v) is 14.0. The number of halogens is 1. The number of rotatable bonds is 4. The number of amides is 1. The standard InChI is InChI=1S/C18H20ClNO2/c1-11-5-6-16(12(2)7-11)20-17(21)10-22-15-8-13(3)18(19)14(4)9-15/h5-9H,10H2,1-4H3,(H,20,21). The lowest BCUT2D eigenvalue weighted by Crippen LogP contribution is -2.20. The molecule has 0 heterocycles. The molecule has 0 aliphatic rings. The first-order valence-electron chi connectivity index (χ1n) is 7.13. The summed E-state index contributed by atoms with van der Waals surface area (Å²) < 4.78 is 5.55. The normalized spacial score (nSPS) is 10.4. The lowest BCUT2D eigenvalue weighted by atomic mass is 10.1. The van der Waals surface area contributed by atoms with Crippen molar-refractivity contribution < 1.29 is 9.53 Å². The molecule has 0 saturated carbocycles. The summed E-state index contributed by atoms with van der Waals surface area (Å²) in [4.78, 5) is 12.0. The van der Waals surface area contributed by atoms with Gasteiger partial charge in [0.1, 0.15) is 5.75 Å². The third-order valence-electron chi connectivity index (χ3n) is 3.44. The molecule has 0 aliphatic carbocycles. The second kappa shape index (κ2) is 6.84. The number of carbonyl (C=O) groups excluding carboxylic acids is 1. The lowest BCUT2D eigenvalue weighted by molar-refractivity contribution is -0.118. The fourth-order valence-corrected chi connectivity index (χ4v) is 2.39. The van der Waals surface area contributed by atoms with Crippen molar-refractivity contribution >= 4 is 23.2 Å². The summed E-state index contributed by atoms with van der Waals surface area (Å²) in [7, 11) is 0. The van der Waals surface area contributed by atoms with Crippen LogP contribution >= 0.6 is 11.6 Å². The lowest BCUT2D eigenvalue weighted by Gasteiger charge is -2.11. The second-order valence-electron chi connectivity index (χ2n) is 5.53. The van der Waals surface area contributed by atoms with Crippen LogP contribution in [0.5, 0.6) is 5.75 Å². The highest BCUT2D eigenvalue weighted by atomic mass is 35.5. The van der Waals surface area contributed by atoms with Crippen molar-refractivity contribution in [2.45, 2.75) is 27.7 Å². The van der Waals surface area contributed by atoms with Gasteiger partial charge in [-0.05, 0) is 62.6 Å². The van der Waals surface area contributed by atoms with Crippen LogP contribution in [0, 0.1) is 27.7 Å². The van der Waals surface area contributed by atoms with Crippen LogP contribution in [-0.2, 0) is 4.79 Å². The SMILES string of the molecule is Cc1ccc(NC(=O)COc2cc(C)c(Cl)c(C)c2)c(C)c1. The summed E-state index contributed by atoms with van der Waals surface area (Å²) in [5.74, 6) is 0.465. The number of nitrogens with one attached hydrogen (secondary N) is 1. The molecule has 4 heteroatoms. The van der Waals surface area contributed by atoms with Crippen LogP contribution in [0.1, 0.15) is 22.3 Å². The summed E-state index contributed by atoms with van der Waals surface area (Å²) in [6.45, 7) is 7.78. The van der Waals surface area contributed by atoms with Crippen molar-refractivity contribution in [1.82, 2.24) is 0 Å². The van der Waals surface area contributed by atoms with Gasteiger partial charge in [0.2, 0.25) is 0 Å². The summed E-state index contributed by atoms with van der Waals surface area (Å²) in [6.07, 6.45) is 0. The average molecular weight is 318 g/mol. The van der Waals surface area contributed by atoms with Gasteiger partial charge in [-0.25, -0.2) is 0 Å². The Bertz CT molecular complexity index is 687. The van der Waals surface area contributed by atoms with Gasteiger partial charge in [0, 0.05) is 10.7 Å². The molecule has 3 nitrogen and oxygen atoms in total. The van der Waals surface area contributed by atoms with Gasteiger partial charge in [0.05, 0.1) is 0 Å². The maximum absolute atomic E-state index is 12.0. The average Bonchev–Trinajstić information content (AvgIpc) is 2.45. The number of ether oxygens (including phenoxy) is 1. The first kappa shape index (κ1) is 16.4. The second-order valence-corrected chi connectivity index (χ2v) is 5.90. The molecule has 0 radical (unpaired) electrons. The van der Waals surface area contributed by atoms with Crippen molar-refractivity contribution in [3.05, 3.63) is 57.6 Å². The summed E-state index contributed by atoms with van der Waals surface area (Å²) in [6, 6.07) is 9.57. The van der Waals surface area contributed by atoms with E-state index >= 15 is 0 Å². The van der Waals surface area contributed by atoms with Crippen molar-refractivity contribution in [1.29, 1.82) is 0 Å². The molecule has 116 valence electrons. The predicted octanol–water partition coefficient (Wildman–Crippen LogP) is 4.59. The van der Waals surface area contributed by atoms with Gasteiger partial charge in [0.25, 0.3) is 5.91 Å². The number of carbonyl (C=O) groups is 1. The minimum absolute atomic E-state index is 0.0339. The predicted molar refractivity (Wildman–Crippen MR) is 91.0 cm³/mol. The Labute approximate surface area is 136 Å². The fourth-order valence-electron chi connectivity index (χ4n) is 2.28. The topological polar surface area (TPSA) is 38.3 Å². The molecule has 1 amide bonds. The zero-order chi connectivity index (χ0) is 16.3. The van der Waals surface area contributed by atoms with E-state index < -0.39 is 0 Å².